The van der Waals surface area contributed by atoms with Crippen LogP contribution in [0.1, 0.15) is 21.3 Å². The van der Waals surface area contributed by atoms with Gasteiger partial charge >= 0.3 is 6.36 Å². The van der Waals surface area contributed by atoms with Gasteiger partial charge in [0.05, 0.1) is 4.88 Å². The van der Waals surface area contributed by atoms with E-state index in [1.165, 1.54) is 28.4 Å². The summed E-state index contributed by atoms with van der Waals surface area (Å²) in [6.07, 6.45) is -4.79. The Morgan fingerprint density at radius 3 is 2.56 bits per heavy atom. The van der Waals surface area contributed by atoms with Crippen LogP contribution >= 0.6 is 11.3 Å². The van der Waals surface area contributed by atoms with E-state index in [2.05, 4.69) is 10.1 Å². The number of rotatable bonds is 3. The van der Waals surface area contributed by atoms with Crippen molar-refractivity contribution in [1.82, 2.24) is 10.2 Å². The van der Waals surface area contributed by atoms with Gasteiger partial charge in [-0.05, 0) is 29.1 Å². The number of ether oxygens (including phenoxy) is 1. The van der Waals surface area contributed by atoms with Crippen LogP contribution in [0, 0.1) is 0 Å². The summed E-state index contributed by atoms with van der Waals surface area (Å²) >= 11 is 1.26. The lowest BCUT2D eigenvalue weighted by Crippen LogP contribution is -2.52. The Kier molecular flexibility index (Phi) is 4.67. The van der Waals surface area contributed by atoms with E-state index >= 15 is 0 Å². The summed E-state index contributed by atoms with van der Waals surface area (Å²) in [5.74, 6) is -1.05. The molecule has 1 aliphatic rings. The first-order valence-corrected chi connectivity index (χ1v) is 8.21. The summed E-state index contributed by atoms with van der Waals surface area (Å²) in [5, 5.41) is 4.43. The van der Waals surface area contributed by atoms with Crippen LogP contribution in [0.5, 0.6) is 5.75 Å². The Bertz CT molecular complexity index is 760. The van der Waals surface area contributed by atoms with E-state index in [4.69, 9.17) is 0 Å². The van der Waals surface area contributed by atoms with Crippen molar-refractivity contribution in [2.45, 2.75) is 12.4 Å². The second-order valence-corrected chi connectivity index (χ2v) is 6.23. The monoisotopic (exact) mass is 370 g/mol. The quantitative estimate of drug-likeness (QED) is 0.904. The zero-order valence-electron chi connectivity index (χ0n) is 12.7. The number of nitrogens with zero attached hydrogens (tertiary/aromatic N) is 1. The molecule has 9 heteroatoms. The molecule has 0 radical (unpaired) electrons. The molecule has 0 bridgehead atoms. The minimum absolute atomic E-state index is 0.287. The first-order valence-electron chi connectivity index (χ1n) is 7.33. The summed E-state index contributed by atoms with van der Waals surface area (Å²) in [7, 11) is 0. The van der Waals surface area contributed by atoms with Crippen molar-refractivity contribution in [3.05, 3.63) is 52.2 Å². The maximum Gasteiger partial charge on any atom is 0.573 e. The second kappa shape index (κ2) is 6.75. The van der Waals surface area contributed by atoms with Gasteiger partial charge in [-0.3, -0.25) is 9.59 Å². The van der Waals surface area contributed by atoms with Gasteiger partial charge in [-0.2, -0.15) is 0 Å². The van der Waals surface area contributed by atoms with E-state index in [0.717, 1.165) is 12.1 Å². The topological polar surface area (TPSA) is 58.6 Å². The standard InChI is InChI=1S/C16H13F3N2O3S/c17-16(18,19)24-11-5-3-10(4-6-11)13-14(22)20-7-8-21(13)15(23)12-2-1-9-25-12/h1-6,9,13H,7-8H2,(H,20,22)/t13-/m0/s1. The van der Waals surface area contributed by atoms with E-state index in [9.17, 15) is 22.8 Å². The number of nitrogens with one attached hydrogen (secondary N) is 1. The Labute approximate surface area is 145 Å². The third kappa shape index (κ3) is 3.93. The van der Waals surface area contributed by atoms with E-state index in [1.807, 2.05) is 0 Å². The van der Waals surface area contributed by atoms with Crippen LogP contribution in [0.2, 0.25) is 0 Å². The second-order valence-electron chi connectivity index (χ2n) is 5.29. The van der Waals surface area contributed by atoms with Crippen molar-refractivity contribution in [2.75, 3.05) is 13.1 Å². The van der Waals surface area contributed by atoms with Gasteiger partial charge < -0.3 is 15.0 Å². The Hall–Kier alpha value is -2.55. The highest BCUT2D eigenvalue weighted by atomic mass is 32.1. The number of hydrogen-bond acceptors (Lipinski definition) is 4. The molecular formula is C16H13F3N2O3S. The minimum atomic E-state index is -4.79. The fourth-order valence-electron chi connectivity index (χ4n) is 2.61. The lowest BCUT2D eigenvalue weighted by atomic mass is 10.0. The van der Waals surface area contributed by atoms with Crippen LogP contribution in [0.15, 0.2) is 41.8 Å². The average Bonchev–Trinajstić information content (AvgIpc) is 3.08. The molecule has 1 aromatic carbocycles. The van der Waals surface area contributed by atoms with E-state index in [0.29, 0.717) is 23.5 Å². The van der Waals surface area contributed by atoms with Crippen molar-refractivity contribution in [3.8, 4) is 5.75 Å². The number of hydrogen-bond donors (Lipinski definition) is 1. The van der Waals surface area contributed by atoms with Crippen LogP contribution < -0.4 is 10.1 Å². The molecule has 1 aromatic heterocycles. The normalized spacial score (nSPS) is 18.0. The van der Waals surface area contributed by atoms with Gasteiger partial charge in [0.2, 0.25) is 5.91 Å². The highest BCUT2D eigenvalue weighted by Crippen LogP contribution is 2.29. The molecule has 0 saturated carbocycles. The smallest absolute Gasteiger partial charge is 0.406 e. The molecule has 2 heterocycles. The van der Waals surface area contributed by atoms with Gasteiger partial charge in [0.1, 0.15) is 11.8 Å². The van der Waals surface area contributed by atoms with E-state index in [-0.39, 0.29) is 17.6 Å². The molecule has 1 saturated heterocycles. The molecular weight excluding hydrogens is 357 g/mol. The molecule has 25 heavy (non-hydrogen) atoms. The Morgan fingerprint density at radius 1 is 1.24 bits per heavy atom. The van der Waals surface area contributed by atoms with Gasteiger partial charge in [-0.25, -0.2) is 0 Å². The summed E-state index contributed by atoms with van der Waals surface area (Å²) < 4.78 is 40.6. The number of halogens is 3. The van der Waals surface area contributed by atoms with Gasteiger partial charge in [0.15, 0.2) is 0 Å². The number of amides is 2. The van der Waals surface area contributed by atoms with Crippen LogP contribution in [0.3, 0.4) is 0 Å². The average molecular weight is 370 g/mol. The Balaban J connectivity index is 1.86. The van der Waals surface area contributed by atoms with Crippen LogP contribution in [-0.4, -0.2) is 36.2 Å². The maximum absolute atomic E-state index is 12.6. The van der Waals surface area contributed by atoms with Gasteiger partial charge in [0.25, 0.3) is 5.91 Å². The number of thiophene rings is 1. The largest absolute Gasteiger partial charge is 0.573 e. The SMILES string of the molecule is O=C1NCCN(C(=O)c2cccs2)[C@H]1c1ccc(OC(F)(F)F)cc1. The molecule has 0 spiro atoms. The predicted octanol–water partition coefficient (Wildman–Crippen LogP) is 2.96. The molecule has 1 aliphatic heterocycles. The number of carbonyl (C=O) groups excluding carboxylic acids is 2. The van der Waals surface area contributed by atoms with E-state index < -0.39 is 12.4 Å². The molecule has 5 nitrogen and oxygen atoms in total. The fraction of sp³-hybridized carbons (Fsp3) is 0.250. The highest BCUT2D eigenvalue weighted by molar-refractivity contribution is 7.12. The van der Waals surface area contributed by atoms with Crippen molar-refractivity contribution < 1.29 is 27.5 Å². The third-order valence-electron chi connectivity index (χ3n) is 3.63. The third-order valence-corrected chi connectivity index (χ3v) is 4.49. The first-order chi connectivity index (χ1) is 11.8. The minimum Gasteiger partial charge on any atom is -0.406 e. The Morgan fingerprint density at radius 2 is 1.96 bits per heavy atom. The van der Waals surface area contributed by atoms with E-state index in [1.54, 1.807) is 17.5 Å². The molecule has 132 valence electrons. The fourth-order valence-corrected chi connectivity index (χ4v) is 3.29. The first kappa shape index (κ1) is 17.3. The molecule has 1 fully saturated rings. The summed E-state index contributed by atoms with van der Waals surface area (Å²) in [6, 6.07) is 7.45. The van der Waals surface area contributed by atoms with Crippen LogP contribution in [0.4, 0.5) is 13.2 Å². The van der Waals surface area contributed by atoms with Crippen molar-refractivity contribution in [1.29, 1.82) is 0 Å². The summed E-state index contributed by atoms with van der Waals surface area (Å²) in [5.41, 5.74) is 0.414. The van der Waals surface area contributed by atoms with Gasteiger partial charge in [-0.1, -0.05) is 18.2 Å². The molecule has 2 aromatic rings. The summed E-state index contributed by atoms with van der Waals surface area (Å²) in [4.78, 5) is 26.8. The van der Waals surface area contributed by atoms with Gasteiger partial charge in [-0.15, -0.1) is 24.5 Å². The molecule has 1 atom stereocenters. The van der Waals surface area contributed by atoms with Crippen molar-refractivity contribution >= 4 is 23.2 Å². The maximum atomic E-state index is 12.6. The summed E-state index contributed by atoms with van der Waals surface area (Å²) in [6.45, 7) is 0.635. The number of alkyl halides is 3. The predicted molar refractivity (Wildman–Crippen MR) is 84.2 cm³/mol. The highest BCUT2D eigenvalue weighted by Gasteiger charge is 2.35. The van der Waals surface area contributed by atoms with Crippen molar-refractivity contribution in [3.63, 3.8) is 0 Å². The van der Waals surface area contributed by atoms with Crippen LogP contribution in [0.25, 0.3) is 0 Å². The lowest BCUT2D eigenvalue weighted by molar-refractivity contribution is -0.274. The van der Waals surface area contributed by atoms with Gasteiger partial charge in [0, 0.05) is 13.1 Å². The molecule has 0 unspecified atom stereocenters. The molecule has 1 N–H and O–H groups in total. The van der Waals surface area contributed by atoms with Crippen molar-refractivity contribution in [2.24, 2.45) is 0 Å². The number of benzene rings is 1. The molecule has 0 aliphatic carbocycles. The van der Waals surface area contributed by atoms with Crippen LogP contribution in [-0.2, 0) is 4.79 Å². The lowest BCUT2D eigenvalue weighted by Gasteiger charge is -2.35. The molecule has 2 amide bonds. The zero-order chi connectivity index (χ0) is 18.0. The number of piperazine rings is 1. The molecule has 3 rings (SSSR count). The number of carbonyl (C=O) groups is 2. The zero-order valence-corrected chi connectivity index (χ0v) is 13.6.